The number of nitrogen functional groups attached to an aromatic ring is 1. The van der Waals surface area contributed by atoms with Crippen LogP contribution in [0.4, 0.5) is 5.95 Å². The van der Waals surface area contributed by atoms with Crippen molar-refractivity contribution in [1.82, 2.24) is 19.7 Å². The van der Waals surface area contributed by atoms with E-state index >= 15 is 0 Å². The van der Waals surface area contributed by atoms with Crippen molar-refractivity contribution in [3.8, 4) is 0 Å². The van der Waals surface area contributed by atoms with Gasteiger partial charge in [0.25, 0.3) is 0 Å². The lowest BCUT2D eigenvalue weighted by Gasteiger charge is -2.34. The van der Waals surface area contributed by atoms with Gasteiger partial charge < -0.3 is 10.6 Å². The van der Waals surface area contributed by atoms with Gasteiger partial charge >= 0.3 is 0 Å². The third-order valence-electron chi connectivity index (χ3n) is 2.93. The third kappa shape index (κ3) is 1.72. The molecule has 2 N–H and O–H groups in total. The van der Waals surface area contributed by atoms with E-state index in [1.807, 2.05) is 4.68 Å². The van der Waals surface area contributed by atoms with Crippen LogP contribution in [0.1, 0.15) is 19.4 Å². The van der Waals surface area contributed by atoms with Gasteiger partial charge in [-0.15, -0.1) is 5.10 Å². The van der Waals surface area contributed by atoms with Crippen LogP contribution in [-0.2, 0) is 0 Å². The minimum Gasteiger partial charge on any atom is -0.367 e. The summed E-state index contributed by atoms with van der Waals surface area (Å²) in [6.07, 6.45) is 2.86. The molecule has 0 spiro atoms. The van der Waals surface area contributed by atoms with E-state index in [1.165, 1.54) is 0 Å². The Balaban J connectivity index is 2.11. The van der Waals surface area contributed by atoms with Crippen LogP contribution in [0.2, 0.25) is 0 Å². The second kappa shape index (κ2) is 3.57. The number of nitrogens with zero attached hydrogens (tertiary/aromatic N) is 4. The van der Waals surface area contributed by atoms with Crippen molar-refractivity contribution in [1.29, 1.82) is 0 Å². The first-order valence-corrected chi connectivity index (χ1v) is 5.02. The molecule has 1 aliphatic rings. The van der Waals surface area contributed by atoms with Gasteiger partial charge in [-0.3, -0.25) is 0 Å². The summed E-state index contributed by atoms with van der Waals surface area (Å²) in [6.45, 7) is 4.48. The first-order chi connectivity index (χ1) is 6.66. The highest BCUT2D eigenvalue weighted by atomic mass is 15.4. The fraction of sp³-hybridized carbons (Fsp3) is 0.778. The maximum Gasteiger partial charge on any atom is 0.239 e. The molecule has 0 aliphatic carbocycles. The molecule has 5 nitrogen and oxygen atoms in total. The number of hydrogen-bond donors (Lipinski definition) is 1. The summed E-state index contributed by atoms with van der Waals surface area (Å²) >= 11 is 0. The van der Waals surface area contributed by atoms with Crippen molar-refractivity contribution < 1.29 is 0 Å². The number of likely N-dealkylation sites (tertiary alicyclic amines) is 1. The summed E-state index contributed by atoms with van der Waals surface area (Å²) in [5.41, 5.74) is 5.50. The predicted molar refractivity (Wildman–Crippen MR) is 54.7 cm³/mol. The smallest absolute Gasteiger partial charge is 0.239 e. The van der Waals surface area contributed by atoms with Gasteiger partial charge in [-0.2, -0.15) is 0 Å². The molecule has 2 heterocycles. The van der Waals surface area contributed by atoms with Crippen LogP contribution in [0.25, 0.3) is 0 Å². The quantitative estimate of drug-likeness (QED) is 0.703. The molecule has 0 saturated carbocycles. The molecule has 2 unspecified atom stereocenters. The van der Waals surface area contributed by atoms with Crippen LogP contribution in [0.15, 0.2) is 6.33 Å². The fourth-order valence-electron chi connectivity index (χ4n) is 2.18. The molecule has 1 fully saturated rings. The maximum atomic E-state index is 5.50. The summed E-state index contributed by atoms with van der Waals surface area (Å²) in [5.74, 6) is 0.978. The Hall–Kier alpha value is -1.10. The van der Waals surface area contributed by atoms with E-state index in [0.29, 0.717) is 17.9 Å². The van der Waals surface area contributed by atoms with Crippen LogP contribution in [0, 0.1) is 5.92 Å². The van der Waals surface area contributed by atoms with Crippen molar-refractivity contribution in [3.05, 3.63) is 6.33 Å². The Morgan fingerprint density at radius 1 is 1.57 bits per heavy atom. The van der Waals surface area contributed by atoms with Crippen molar-refractivity contribution in [2.75, 3.05) is 25.9 Å². The maximum absolute atomic E-state index is 5.50. The lowest BCUT2D eigenvalue weighted by Crippen LogP contribution is -2.38. The zero-order valence-corrected chi connectivity index (χ0v) is 8.72. The molecular weight excluding hydrogens is 178 g/mol. The second-order valence-corrected chi connectivity index (χ2v) is 4.18. The summed E-state index contributed by atoms with van der Waals surface area (Å²) in [5, 5.41) is 4.17. The predicted octanol–water partition coefficient (Wildman–Crippen LogP) is 0.373. The zero-order valence-electron chi connectivity index (χ0n) is 8.72. The van der Waals surface area contributed by atoms with E-state index in [9.17, 15) is 0 Å². The van der Waals surface area contributed by atoms with Gasteiger partial charge in [0.1, 0.15) is 6.33 Å². The summed E-state index contributed by atoms with van der Waals surface area (Å²) in [7, 11) is 2.16. The highest BCUT2D eigenvalue weighted by molar-refractivity contribution is 5.09. The Morgan fingerprint density at radius 3 is 2.93 bits per heavy atom. The van der Waals surface area contributed by atoms with E-state index in [2.05, 4.69) is 29.0 Å². The lowest BCUT2D eigenvalue weighted by molar-refractivity contribution is 0.150. The van der Waals surface area contributed by atoms with Gasteiger partial charge in [-0.25, -0.2) is 9.67 Å². The molecule has 5 heteroatoms. The van der Waals surface area contributed by atoms with Gasteiger partial charge in [0.05, 0.1) is 6.04 Å². The topological polar surface area (TPSA) is 60.0 Å². The molecule has 1 aromatic heterocycles. The van der Waals surface area contributed by atoms with E-state index < -0.39 is 0 Å². The Morgan fingerprint density at radius 2 is 2.36 bits per heavy atom. The highest BCUT2D eigenvalue weighted by Crippen LogP contribution is 2.26. The molecular formula is C9H17N5. The van der Waals surface area contributed by atoms with E-state index in [0.717, 1.165) is 19.5 Å². The minimum atomic E-state index is 0.371. The Bertz CT molecular complexity index is 308. The molecule has 0 bridgehead atoms. The SMILES string of the molecule is CC1CN(C)CCC1n1cnc(N)n1. The van der Waals surface area contributed by atoms with Gasteiger partial charge in [0.2, 0.25) is 5.95 Å². The minimum absolute atomic E-state index is 0.371. The van der Waals surface area contributed by atoms with E-state index in [4.69, 9.17) is 5.73 Å². The molecule has 1 aliphatic heterocycles. The second-order valence-electron chi connectivity index (χ2n) is 4.18. The molecule has 0 radical (unpaired) electrons. The van der Waals surface area contributed by atoms with Crippen molar-refractivity contribution in [2.45, 2.75) is 19.4 Å². The fourth-order valence-corrected chi connectivity index (χ4v) is 2.18. The lowest BCUT2D eigenvalue weighted by atomic mass is 9.94. The normalized spacial score (nSPS) is 29.3. The number of hydrogen-bond acceptors (Lipinski definition) is 4. The zero-order chi connectivity index (χ0) is 10.1. The number of rotatable bonds is 1. The first-order valence-electron chi connectivity index (χ1n) is 5.02. The monoisotopic (exact) mass is 195 g/mol. The van der Waals surface area contributed by atoms with Crippen molar-refractivity contribution >= 4 is 5.95 Å². The van der Waals surface area contributed by atoms with Crippen LogP contribution < -0.4 is 5.73 Å². The standard InChI is InChI=1S/C9H17N5/c1-7-5-13(2)4-3-8(7)14-6-11-9(10)12-14/h6-8H,3-5H2,1-2H3,(H2,10,12). The third-order valence-corrected chi connectivity index (χ3v) is 2.93. The number of piperidine rings is 1. The molecule has 2 rings (SSSR count). The van der Waals surface area contributed by atoms with Crippen molar-refractivity contribution in [3.63, 3.8) is 0 Å². The molecule has 14 heavy (non-hydrogen) atoms. The molecule has 78 valence electrons. The molecule has 1 aromatic rings. The van der Waals surface area contributed by atoms with Gasteiger partial charge in [-0.05, 0) is 25.9 Å². The van der Waals surface area contributed by atoms with Gasteiger partial charge in [0, 0.05) is 6.54 Å². The molecule has 1 saturated heterocycles. The van der Waals surface area contributed by atoms with E-state index in [-0.39, 0.29) is 0 Å². The average molecular weight is 195 g/mol. The molecule has 0 aromatic carbocycles. The number of aromatic nitrogens is 3. The first kappa shape index (κ1) is 9.45. The Labute approximate surface area is 83.9 Å². The van der Waals surface area contributed by atoms with Crippen LogP contribution in [0.5, 0.6) is 0 Å². The summed E-state index contributed by atoms with van der Waals surface area (Å²) in [6, 6.07) is 0.455. The summed E-state index contributed by atoms with van der Waals surface area (Å²) < 4.78 is 1.91. The largest absolute Gasteiger partial charge is 0.367 e. The van der Waals surface area contributed by atoms with Gasteiger partial charge in [0.15, 0.2) is 0 Å². The van der Waals surface area contributed by atoms with E-state index in [1.54, 1.807) is 6.33 Å². The number of anilines is 1. The Kier molecular flexibility index (Phi) is 2.41. The van der Waals surface area contributed by atoms with Crippen LogP contribution in [-0.4, -0.2) is 39.8 Å². The highest BCUT2D eigenvalue weighted by Gasteiger charge is 2.26. The van der Waals surface area contributed by atoms with Gasteiger partial charge in [-0.1, -0.05) is 6.92 Å². The number of nitrogens with two attached hydrogens (primary N) is 1. The molecule has 2 atom stereocenters. The average Bonchev–Trinajstić information content (AvgIpc) is 2.51. The summed E-state index contributed by atoms with van der Waals surface area (Å²) in [4.78, 5) is 6.31. The molecule has 0 amide bonds. The van der Waals surface area contributed by atoms with Crippen LogP contribution >= 0.6 is 0 Å². The van der Waals surface area contributed by atoms with Crippen molar-refractivity contribution in [2.24, 2.45) is 5.92 Å². The van der Waals surface area contributed by atoms with Crippen LogP contribution in [0.3, 0.4) is 0 Å².